The van der Waals surface area contributed by atoms with Gasteiger partial charge in [0.15, 0.2) is 0 Å². The number of nitrogens with zero attached hydrogens (tertiary/aromatic N) is 1. The van der Waals surface area contributed by atoms with E-state index in [-0.39, 0.29) is 11.9 Å². The summed E-state index contributed by atoms with van der Waals surface area (Å²) < 4.78 is 5.27. The van der Waals surface area contributed by atoms with Crippen LogP contribution in [-0.2, 0) is 11.2 Å². The number of piperidine rings is 1. The Labute approximate surface area is 166 Å². The number of nitrogens with one attached hydrogen (secondary N) is 1. The summed E-state index contributed by atoms with van der Waals surface area (Å²) in [6.45, 7) is 2.76. The Morgan fingerprint density at radius 2 is 1.74 bits per heavy atom. The Morgan fingerprint density at radius 3 is 2.37 bits per heavy atom. The maximum atomic E-state index is 12.4. The molecule has 144 valence electrons. The summed E-state index contributed by atoms with van der Waals surface area (Å²) in [6, 6.07) is 15.8. The highest BCUT2D eigenvalue weighted by Crippen LogP contribution is 2.26. The zero-order chi connectivity index (χ0) is 19.1. The number of carbonyl (C=O) groups is 1. The number of likely N-dealkylation sites (tertiary alicyclic amines) is 1. The smallest absolute Gasteiger partial charge is 0.224 e. The van der Waals surface area contributed by atoms with Crippen molar-refractivity contribution in [3.63, 3.8) is 0 Å². The van der Waals surface area contributed by atoms with E-state index < -0.39 is 0 Å². The van der Waals surface area contributed by atoms with E-state index in [0.717, 1.165) is 24.4 Å². The van der Waals surface area contributed by atoms with Crippen molar-refractivity contribution in [2.45, 2.75) is 31.7 Å². The molecule has 0 saturated carbocycles. The van der Waals surface area contributed by atoms with Crippen LogP contribution in [0.15, 0.2) is 48.5 Å². The summed E-state index contributed by atoms with van der Waals surface area (Å²) >= 11 is 5.91. The zero-order valence-corrected chi connectivity index (χ0v) is 16.5. The fourth-order valence-electron chi connectivity index (χ4n) is 3.57. The van der Waals surface area contributed by atoms with E-state index in [1.165, 1.54) is 24.8 Å². The molecule has 0 unspecified atom stereocenters. The second kappa shape index (κ2) is 9.77. The number of rotatable bonds is 7. The van der Waals surface area contributed by atoms with E-state index in [0.29, 0.717) is 18.0 Å². The number of halogens is 1. The highest BCUT2D eigenvalue weighted by Gasteiger charge is 2.23. The SMILES string of the molecule is COc1ccc([C@@H](CNC(=O)Cc2ccc(Cl)cc2)N2CCCCC2)cc1. The number of amides is 1. The van der Waals surface area contributed by atoms with Gasteiger partial charge in [-0.3, -0.25) is 9.69 Å². The number of ether oxygens (including phenoxy) is 1. The van der Waals surface area contributed by atoms with Crippen LogP contribution in [0.4, 0.5) is 0 Å². The fraction of sp³-hybridized carbons (Fsp3) is 0.409. The third-order valence-corrected chi connectivity index (χ3v) is 5.35. The van der Waals surface area contributed by atoms with Crippen molar-refractivity contribution in [2.75, 3.05) is 26.7 Å². The molecule has 2 aromatic carbocycles. The molecule has 1 amide bonds. The van der Waals surface area contributed by atoms with Gasteiger partial charge in [0, 0.05) is 11.6 Å². The lowest BCUT2D eigenvalue weighted by Crippen LogP contribution is -2.41. The molecular weight excluding hydrogens is 360 g/mol. The summed E-state index contributed by atoms with van der Waals surface area (Å²) in [7, 11) is 1.67. The summed E-state index contributed by atoms with van der Waals surface area (Å²) in [5.74, 6) is 0.885. The van der Waals surface area contributed by atoms with Gasteiger partial charge >= 0.3 is 0 Å². The average Bonchev–Trinajstić information content (AvgIpc) is 2.71. The van der Waals surface area contributed by atoms with Crippen LogP contribution in [0.3, 0.4) is 0 Å². The first-order valence-electron chi connectivity index (χ1n) is 9.55. The van der Waals surface area contributed by atoms with E-state index in [2.05, 4.69) is 22.3 Å². The van der Waals surface area contributed by atoms with Crippen LogP contribution in [0.2, 0.25) is 5.02 Å². The van der Waals surface area contributed by atoms with E-state index in [9.17, 15) is 4.79 Å². The van der Waals surface area contributed by atoms with Crippen LogP contribution >= 0.6 is 11.6 Å². The lowest BCUT2D eigenvalue weighted by atomic mass is 10.0. The normalized spacial score (nSPS) is 15.9. The predicted octanol–water partition coefficient (Wildman–Crippen LogP) is 4.23. The first-order valence-corrected chi connectivity index (χ1v) is 9.92. The summed E-state index contributed by atoms with van der Waals surface area (Å²) in [5.41, 5.74) is 2.18. The minimum atomic E-state index is 0.0350. The van der Waals surface area contributed by atoms with Crippen LogP contribution in [0, 0.1) is 0 Å². The molecular formula is C22H27ClN2O2. The van der Waals surface area contributed by atoms with Gasteiger partial charge in [-0.05, 0) is 61.3 Å². The molecule has 2 aromatic rings. The second-order valence-electron chi connectivity index (χ2n) is 6.99. The molecule has 1 heterocycles. The Balaban J connectivity index is 1.64. The van der Waals surface area contributed by atoms with Gasteiger partial charge < -0.3 is 10.1 Å². The maximum absolute atomic E-state index is 12.4. The van der Waals surface area contributed by atoms with Gasteiger partial charge in [-0.2, -0.15) is 0 Å². The van der Waals surface area contributed by atoms with Crippen LogP contribution in [0.5, 0.6) is 5.75 Å². The monoisotopic (exact) mass is 386 g/mol. The molecule has 0 bridgehead atoms. The van der Waals surface area contributed by atoms with Crippen molar-refractivity contribution in [2.24, 2.45) is 0 Å². The van der Waals surface area contributed by atoms with Crippen LogP contribution < -0.4 is 10.1 Å². The Bertz CT molecular complexity index is 725. The van der Waals surface area contributed by atoms with Crippen LogP contribution in [0.25, 0.3) is 0 Å². The number of methoxy groups -OCH3 is 1. The van der Waals surface area contributed by atoms with E-state index >= 15 is 0 Å². The molecule has 1 N–H and O–H groups in total. The Morgan fingerprint density at radius 1 is 1.07 bits per heavy atom. The molecule has 1 aliphatic rings. The van der Waals surface area contributed by atoms with Gasteiger partial charge in [-0.15, -0.1) is 0 Å². The minimum absolute atomic E-state index is 0.0350. The average molecular weight is 387 g/mol. The number of hydrogen-bond donors (Lipinski definition) is 1. The first-order chi connectivity index (χ1) is 13.2. The number of carbonyl (C=O) groups excluding carboxylic acids is 1. The lowest BCUT2D eigenvalue weighted by molar-refractivity contribution is -0.120. The van der Waals surface area contributed by atoms with Crippen molar-refractivity contribution in [3.8, 4) is 5.75 Å². The largest absolute Gasteiger partial charge is 0.497 e. The van der Waals surface area contributed by atoms with Crippen molar-refractivity contribution < 1.29 is 9.53 Å². The molecule has 5 heteroatoms. The molecule has 1 aliphatic heterocycles. The van der Waals surface area contributed by atoms with Crippen molar-refractivity contribution in [1.29, 1.82) is 0 Å². The summed E-state index contributed by atoms with van der Waals surface area (Å²) in [4.78, 5) is 14.9. The molecule has 4 nitrogen and oxygen atoms in total. The summed E-state index contributed by atoms with van der Waals surface area (Å²) in [5, 5.41) is 3.81. The van der Waals surface area contributed by atoms with E-state index in [4.69, 9.17) is 16.3 Å². The van der Waals surface area contributed by atoms with Gasteiger partial charge in [0.1, 0.15) is 5.75 Å². The van der Waals surface area contributed by atoms with Crippen LogP contribution in [-0.4, -0.2) is 37.6 Å². The predicted molar refractivity (Wildman–Crippen MR) is 109 cm³/mol. The highest BCUT2D eigenvalue weighted by atomic mass is 35.5. The number of hydrogen-bond acceptors (Lipinski definition) is 3. The zero-order valence-electron chi connectivity index (χ0n) is 15.8. The Kier molecular flexibility index (Phi) is 7.13. The molecule has 0 radical (unpaired) electrons. The topological polar surface area (TPSA) is 41.6 Å². The molecule has 1 fully saturated rings. The van der Waals surface area contributed by atoms with Crippen molar-refractivity contribution in [3.05, 3.63) is 64.7 Å². The second-order valence-corrected chi connectivity index (χ2v) is 7.43. The van der Waals surface area contributed by atoms with Crippen molar-refractivity contribution >= 4 is 17.5 Å². The van der Waals surface area contributed by atoms with Gasteiger partial charge in [0.2, 0.25) is 5.91 Å². The molecule has 3 rings (SSSR count). The van der Waals surface area contributed by atoms with Gasteiger partial charge in [0.25, 0.3) is 0 Å². The van der Waals surface area contributed by atoms with E-state index in [1.807, 2.05) is 36.4 Å². The number of benzene rings is 2. The molecule has 0 aliphatic carbocycles. The Hall–Kier alpha value is -2.04. The quantitative estimate of drug-likeness (QED) is 0.774. The lowest BCUT2D eigenvalue weighted by Gasteiger charge is -2.35. The molecule has 0 spiro atoms. The van der Waals surface area contributed by atoms with E-state index in [1.54, 1.807) is 7.11 Å². The molecule has 27 heavy (non-hydrogen) atoms. The minimum Gasteiger partial charge on any atom is -0.497 e. The molecule has 1 saturated heterocycles. The van der Waals surface area contributed by atoms with Gasteiger partial charge in [-0.25, -0.2) is 0 Å². The van der Waals surface area contributed by atoms with Gasteiger partial charge in [-0.1, -0.05) is 42.3 Å². The standard InChI is InChI=1S/C22H27ClN2O2/c1-27-20-11-7-18(8-12-20)21(25-13-3-2-4-14-25)16-24-22(26)15-17-5-9-19(23)10-6-17/h5-12,21H,2-4,13-16H2,1H3,(H,24,26)/t21-/m1/s1. The fourth-order valence-corrected chi connectivity index (χ4v) is 3.70. The van der Waals surface area contributed by atoms with Crippen molar-refractivity contribution in [1.82, 2.24) is 10.2 Å². The summed E-state index contributed by atoms with van der Waals surface area (Å²) in [6.07, 6.45) is 4.08. The third kappa shape index (κ3) is 5.72. The maximum Gasteiger partial charge on any atom is 0.224 e. The molecule has 1 atom stereocenters. The molecule has 0 aromatic heterocycles. The van der Waals surface area contributed by atoms with Crippen LogP contribution in [0.1, 0.15) is 36.4 Å². The third-order valence-electron chi connectivity index (χ3n) is 5.10. The van der Waals surface area contributed by atoms with Gasteiger partial charge in [0.05, 0.1) is 19.6 Å². The highest BCUT2D eigenvalue weighted by molar-refractivity contribution is 6.30. The first kappa shape index (κ1) is 19.7.